The molecule has 0 saturated carbocycles. The fourth-order valence-corrected chi connectivity index (χ4v) is 0.401. The Balaban J connectivity index is 3.92. The molecule has 7 heteroatoms. The Kier molecular flexibility index (Phi) is 4.12. The van der Waals surface area contributed by atoms with Crippen LogP contribution < -0.4 is 16.6 Å². The van der Waals surface area contributed by atoms with Crippen LogP contribution in [0.2, 0.25) is 0 Å². The number of hydrogen-bond acceptors (Lipinski definition) is 3. The van der Waals surface area contributed by atoms with Crippen molar-refractivity contribution in [3.05, 3.63) is 0 Å². The minimum Gasteiger partial charge on any atom is -0.340 e. The molecule has 2 amide bonds. The average Bonchev–Trinajstić information content (AvgIpc) is 2.02. The van der Waals surface area contributed by atoms with E-state index in [1.165, 1.54) is 5.43 Å². The molecule has 12 heavy (non-hydrogen) atoms. The van der Waals surface area contributed by atoms with Gasteiger partial charge in [0.1, 0.15) is 0 Å². The van der Waals surface area contributed by atoms with Gasteiger partial charge in [0, 0.05) is 0 Å². The predicted molar refractivity (Wildman–Crippen MR) is 35.9 cm³/mol. The summed E-state index contributed by atoms with van der Waals surface area (Å²) in [6.07, 6.45) is -2.71. The molecule has 0 bridgehead atoms. The summed E-state index contributed by atoms with van der Waals surface area (Å²) in [4.78, 5) is 20.9. The van der Waals surface area contributed by atoms with Crippen LogP contribution in [0.1, 0.15) is 6.92 Å². The number of hydrogen-bond donors (Lipinski definition) is 3. The summed E-state index contributed by atoms with van der Waals surface area (Å²) >= 11 is 0. The number of nitrogens with two attached hydrogens (primary N) is 1. The molecule has 0 aromatic carbocycles. The van der Waals surface area contributed by atoms with E-state index in [1.54, 1.807) is 5.32 Å². The molecule has 0 spiro atoms. The van der Waals surface area contributed by atoms with Crippen molar-refractivity contribution in [2.24, 2.45) is 5.84 Å². The predicted octanol–water partition coefficient (Wildman–Crippen LogP) is -1.25. The van der Waals surface area contributed by atoms with Crippen LogP contribution in [0, 0.1) is 0 Å². The van der Waals surface area contributed by atoms with Crippen LogP contribution in [-0.2, 0) is 9.59 Å². The lowest BCUT2D eigenvalue weighted by Gasteiger charge is -2.10. The van der Waals surface area contributed by atoms with Crippen molar-refractivity contribution in [2.75, 3.05) is 0 Å². The van der Waals surface area contributed by atoms with Gasteiger partial charge >= 0.3 is 11.8 Å². The molecule has 0 aromatic heterocycles. The van der Waals surface area contributed by atoms with Gasteiger partial charge < -0.3 is 5.32 Å². The number of carbonyl (C=O) groups is 2. The summed E-state index contributed by atoms with van der Waals surface area (Å²) in [5.41, 5.74) is 1.51. The van der Waals surface area contributed by atoms with Crippen LogP contribution in [0.4, 0.5) is 8.78 Å². The van der Waals surface area contributed by atoms with Crippen LogP contribution in [0.5, 0.6) is 0 Å². The molecule has 5 nitrogen and oxygen atoms in total. The first-order valence-corrected chi connectivity index (χ1v) is 3.08. The fraction of sp³-hybridized carbons (Fsp3) is 0.600. The molecule has 4 N–H and O–H groups in total. The Morgan fingerprint density at radius 3 is 2.17 bits per heavy atom. The maximum absolute atomic E-state index is 11.8. The second kappa shape index (κ2) is 4.60. The SMILES string of the molecule is CC(NC(=O)C(=O)NN)C(F)F. The minimum absolute atomic E-state index is 1.08. The summed E-state index contributed by atoms with van der Waals surface area (Å²) in [6, 6.07) is -1.37. The first kappa shape index (κ1) is 10.8. The van der Waals surface area contributed by atoms with E-state index in [4.69, 9.17) is 0 Å². The van der Waals surface area contributed by atoms with E-state index >= 15 is 0 Å². The number of nitrogens with one attached hydrogen (secondary N) is 2. The van der Waals surface area contributed by atoms with Crippen molar-refractivity contribution >= 4 is 11.8 Å². The Hall–Kier alpha value is -1.24. The first-order chi connectivity index (χ1) is 5.49. The van der Waals surface area contributed by atoms with E-state index in [0.717, 1.165) is 6.92 Å². The van der Waals surface area contributed by atoms with E-state index in [0.29, 0.717) is 0 Å². The monoisotopic (exact) mass is 181 g/mol. The second-order valence-electron chi connectivity index (χ2n) is 2.07. The molecule has 0 fully saturated rings. The fourth-order valence-electron chi connectivity index (χ4n) is 0.401. The molecule has 1 atom stereocenters. The molecule has 0 rings (SSSR count). The van der Waals surface area contributed by atoms with Crippen LogP contribution >= 0.6 is 0 Å². The molecule has 0 aliphatic heterocycles. The van der Waals surface area contributed by atoms with E-state index in [2.05, 4.69) is 5.84 Å². The number of hydrazine groups is 1. The largest absolute Gasteiger partial charge is 0.340 e. The molecule has 70 valence electrons. The molecule has 0 saturated heterocycles. The zero-order valence-electron chi connectivity index (χ0n) is 6.30. The lowest BCUT2D eigenvalue weighted by molar-refractivity contribution is -0.140. The van der Waals surface area contributed by atoms with Gasteiger partial charge in [0.05, 0.1) is 6.04 Å². The molecule has 0 aliphatic carbocycles. The van der Waals surface area contributed by atoms with Gasteiger partial charge in [-0.1, -0.05) is 0 Å². The molecule has 1 unspecified atom stereocenters. The summed E-state index contributed by atoms with van der Waals surface area (Å²) in [7, 11) is 0. The van der Waals surface area contributed by atoms with Gasteiger partial charge in [0.25, 0.3) is 6.43 Å². The number of carbonyl (C=O) groups excluding carboxylic acids is 2. The Bertz CT molecular complexity index is 186. The standard InChI is InChI=1S/C5H9F2N3O2/c1-2(3(6)7)9-4(11)5(12)10-8/h2-3H,8H2,1H3,(H,9,11)(H,10,12). The van der Waals surface area contributed by atoms with Gasteiger partial charge in [-0.3, -0.25) is 15.0 Å². The highest BCUT2D eigenvalue weighted by molar-refractivity contribution is 6.34. The smallest absolute Gasteiger partial charge is 0.323 e. The molecule has 0 heterocycles. The maximum atomic E-state index is 11.8. The summed E-state index contributed by atoms with van der Waals surface area (Å²) in [6.45, 7) is 1.08. The minimum atomic E-state index is -2.71. The third-order valence-corrected chi connectivity index (χ3v) is 1.07. The lowest BCUT2D eigenvalue weighted by Crippen LogP contribution is -2.47. The molecule has 0 aliphatic rings. The highest BCUT2D eigenvalue weighted by atomic mass is 19.3. The normalized spacial score (nSPS) is 12.4. The van der Waals surface area contributed by atoms with Crippen LogP contribution in [0.25, 0.3) is 0 Å². The van der Waals surface area contributed by atoms with E-state index in [1.807, 2.05) is 0 Å². The van der Waals surface area contributed by atoms with Crippen molar-refractivity contribution < 1.29 is 18.4 Å². The van der Waals surface area contributed by atoms with Crippen molar-refractivity contribution in [3.63, 3.8) is 0 Å². The van der Waals surface area contributed by atoms with Crippen molar-refractivity contribution in [2.45, 2.75) is 19.4 Å². The van der Waals surface area contributed by atoms with Crippen LogP contribution in [-0.4, -0.2) is 24.3 Å². The highest BCUT2D eigenvalue weighted by Gasteiger charge is 2.20. The van der Waals surface area contributed by atoms with Crippen molar-refractivity contribution in [3.8, 4) is 0 Å². The second-order valence-corrected chi connectivity index (χ2v) is 2.07. The van der Waals surface area contributed by atoms with E-state index in [-0.39, 0.29) is 0 Å². The average molecular weight is 181 g/mol. The summed E-state index contributed by atoms with van der Waals surface area (Å²) < 4.78 is 23.6. The topological polar surface area (TPSA) is 84.2 Å². The van der Waals surface area contributed by atoms with Gasteiger partial charge in [0.15, 0.2) is 0 Å². The quantitative estimate of drug-likeness (QED) is 0.215. The maximum Gasteiger partial charge on any atom is 0.323 e. The highest BCUT2D eigenvalue weighted by Crippen LogP contribution is 1.98. The number of amides is 2. The third-order valence-electron chi connectivity index (χ3n) is 1.07. The van der Waals surface area contributed by atoms with Gasteiger partial charge in [-0.25, -0.2) is 14.6 Å². The number of rotatable bonds is 2. The third kappa shape index (κ3) is 3.24. The molecular formula is C5H9F2N3O2. The van der Waals surface area contributed by atoms with Crippen molar-refractivity contribution in [1.82, 2.24) is 10.7 Å². The van der Waals surface area contributed by atoms with Gasteiger partial charge in [0.2, 0.25) is 0 Å². The Morgan fingerprint density at radius 2 is 1.83 bits per heavy atom. The van der Waals surface area contributed by atoms with Gasteiger partial charge in [-0.2, -0.15) is 0 Å². The first-order valence-electron chi connectivity index (χ1n) is 3.08. The summed E-state index contributed by atoms with van der Waals surface area (Å²) in [5, 5.41) is 1.75. The zero-order valence-corrected chi connectivity index (χ0v) is 6.30. The van der Waals surface area contributed by atoms with Crippen molar-refractivity contribution in [1.29, 1.82) is 0 Å². The zero-order chi connectivity index (χ0) is 9.72. The Labute approximate surface area is 67.3 Å². The number of halogens is 2. The van der Waals surface area contributed by atoms with E-state index in [9.17, 15) is 18.4 Å². The molecule has 0 radical (unpaired) electrons. The van der Waals surface area contributed by atoms with Gasteiger partial charge in [-0.05, 0) is 6.92 Å². The Morgan fingerprint density at radius 1 is 1.33 bits per heavy atom. The number of alkyl halides is 2. The van der Waals surface area contributed by atoms with Gasteiger partial charge in [-0.15, -0.1) is 0 Å². The summed E-state index contributed by atoms with van der Waals surface area (Å²) in [5.74, 6) is 2.25. The molecule has 0 aromatic rings. The van der Waals surface area contributed by atoms with Crippen LogP contribution in [0.15, 0.2) is 0 Å². The van der Waals surface area contributed by atoms with E-state index < -0.39 is 24.3 Å². The lowest BCUT2D eigenvalue weighted by atomic mass is 10.3. The molecular weight excluding hydrogens is 172 g/mol. The van der Waals surface area contributed by atoms with Crippen LogP contribution in [0.3, 0.4) is 0 Å².